The summed E-state index contributed by atoms with van der Waals surface area (Å²) in [4.78, 5) is 30.5. The van der Waals surface area contributed by atoms with E-state index < -0.39 is 11.8 Å². The molecule has 0 aliphatic heterocycles. The molecule has 0 unspecified atom stereocenters. The van der Waals surface area contributed by atoms with Gasteiger partial charge >= 0.3 is 5.76 Å². The molecule has 142 valence electrons. The Labute approximate surface area is 173 Å². The second-order valence-electron chi connectivity index (χ2n) is 6.30. The largest absolute Gasteiger partial charge is 0.420 e. The van der Waals surface area contributed by atoms with Gasteiger partial charge in [0, 0.05) is 14.9 Å². The van der Waals surface area contributed by atoms with Crippen LogP contribution in [0.3, 0.4) is 0 Å². The first-order valence-electron chi connectivity index (χ1n) is 8.58. The fraction of sp³-hybridized carbons (Fsp3) is 0.150. The molecular formula is C20H16BrN3O3S. The van der Waals surface area contributed by atoms with E-state index in [1.165, 1.54) is 15.9 Å². The van der Waals surface area contributed by atoms with E-state index in [9.17, 15) is 9.59 Å². The van der Waals surface area contributed by atoms with Crippen LogP contribution in [0.25, 0.3) is 22.4 Å². The smallest absolute Gasteiger partial charge is 0.408 e. The number of oxazole rings is 1. The number of anilines is 1. The standard InChI is InChI=1S/C20H16BrN3O3S/c1-11(24-15-5-3-4-6-16(15)27-20(24)26)18(25)23-19-22-17(12(2)28-19)13-7-9-14(21)10-8-13/h3-11H,1-2H3,(H,22,23,25)/t11-/m0/s1. The Kier molecular flexibility index (Phi) is 4.91. The van der Waals surface area contributed by atoms with E-state index in [-0.39, 0.29) is 5.91 Å². The topological polar surface area (TPSA) is 77.1 Å². The number of fused-ring (bicyclic) bond motifs is 1. The van der Waals surface area contributed by atoms with Crippen molar-refractivity contribution in [3.8, 4) is 11.3 Å². The zero-order valence-electron chi connectivity index (χ0n) is 15.1. The third kappa shape index (κ3) is 3.41. The number of benzene rings is 2. The molecule has 6 nitrogen and oxygen atoms in total. The van der Waals surface area contributed by atoms with E-state index in [0.717, 1.165) is 20.6 Å². The van der Waals surface area contributed by atoms with Gasteiger partial charge in [0.05, 0.1) is 11.2 Å². The van der Waals surface area contributed by atoms with Gasteiger partial charge in [-0.15, -0.1) is 11.3 Å². The number of carbonyl (C=O) groups is 1. The minimum absolute atomic E-state index is 0.329. The third-order valence-electron chi connectivity index (χ3n) is 4.43. The molecular weight excluding hydrogens is 442 g/mol. The number of para-hydroxylation sites is 2. The lowest BCUT2D eigenvalue weighted by Gasteiger charge is -2.11. The lowest BCUT2D eigenvalue weighted by atomic mass is 10.1. The first-order valence-corrected chi connectivity index (χ1v) is 10.2. The van der Waals surface area contributed by atoms with E-state index >= 15 is 0 Å². The third-order valence-corrected chi connectivity index (χ3v) is 5.84. The highest BCUT2D eigenvalue weighted by molar-refractivity contribution is 9.10. The molecule has 1 atom stereocenters. The van der Waals surface area contributed by atoms with Crippen LogP contribution in [-0.4, -0.2) is 15.5 Å². The minimum Gasteiger partial charge on any atom is -0.408 e. The summed E-state index contributed by atoms with van der Waals surface area (Å²) in [6.45, 7) is 3.62. The van der Waals surface area contributed by atoms with E-state index in [1.807, 2.05) is 31.2 Å². The number of aromatic nitrogens is 2. The number of amides is 1. The molecule has 1 N–H and O–H groups in total. The zero-order chi connectivity index (χ0) is 19.8. The van der Waals surface area contributed by atoms with Gasteiger partial charge in [-0.2, -0.15) is 0 Å². The molecule has 0 saturated heterocycles. The van der Waals surface area contributed by atoms with Crippen molar-refractivity contribution in [1.82, 2.24) is 9.55 Å². The summed E-state index contributed by atoms with van der Waals surface area (Å²) in [6, 6.07) is 14.1. The van der Waals surface area contributed by atoms with Crippen molar-refractivity contribution in [1.29, 1.82) is 0 Å². The molecule has 0 fully saturated rings. The lowest BCUT2D eigenvalue weighted by Crippen LogP contribution is -2.29. The number of thiazole rings is 1. The molecule has 1 amide bonds. The number of hydrogen-bond donors (Lipinski definition) is 1. The van der Waals surface area contributed by atoms with E-state index in [1.54, 1.807) is 31.2 Å². The summed E-state index contributed by atoms with van der Waals surface area (Å²) in [6.07, 6.45) is 0. The van der Waals surface area contributed by atoms with Crippen molar-refractivity contribution in [3.05, 3.63) is 68.4 Å². The SMILES string of the molecule is Cc1sc(NC(=O)[C@H](C)n2c(=O)oc3ccccc32)nc1-c1ccc(Br)cc1. The molecule has 0 radical (unpaired) electrons. The Bertz CT molecular complexity index is 1220. The maximum absolute atomic E-state index is 12.8. The number of halogens is 1. The minimum atomic E-state index is -0.739. The number of nitrogens with zero attached hydrogens (tertiary/aromatic N) is 2. The Morgan fingerprint density at radius 2 is 1.93 bits per heavy atom. The first-order chi connectivity index (χ1) is 13.4. The van der Waals surface area contributed by atoms with Crippen LogP contribution in [0.2, 0.25) is 0 Å². The highest BCUT2D eigenvalue weighted by Crippen LogP contribution is 2.31. The van der Waals surface area contributed by atoms with Crippen LogP contribution in [-0.2, 0) is 4.79 Å². The van der Waals surface area contributed by atoms with Crippen LogP contribution in [0.15, 0.2) is 62.2 Å². The molecule has 0 spiro atoms. The van der Waals surface area contributed by atoms with Crippen LogP contribution in [0.4, 0.5) is 5.13 Å². The summed E-state index contributed by atoms with van der Waals surface area (Å²) in [7, 11) is 0. The van der Waals surface area contributed by atoms with E-state index in [2.05, 4.69) is 26.2 Å². The number of hydrogen-bond acceptors (Lipinski definition) is 5. The molecule has 2 heterocycles. The van der Waals surface area contributed by atoms with Crippen molar-refractivity contribution >= 4 is 49.4 Å². The van der Waals surface area contributed by atoms with Crippen molar-refractivity contribution in [2.24, 2.45) is 0 Å². The molecule has 2 aromatic heterocycles. The molecule has 4 rings (SSSR count). The highest BCUT2D eigenvalue weighted by Gasteiger charge is 2.22. The predicted octanol–water partition coefficient (Wildman–Crippen LogP) is 4.99. The molecule has 8 heteroatoms. The predicted molar refractivity (Wildman–Crippen MR) is 114 cm³/mol. The van der Waals surface area contributed by atoms with E-state index in [0.29, 0.717) is 16.2 Å². The van der Waals surface area contributed by atoms with Gasteiger partial charge in [-0.3, -0.25) is 9.36 Å². The van der Waals surface area contributed by atoms with Gasteiger partial charge in [0.25, 0.3) is 0 Å². The van der Waals surface area contributed by atoms with Crippen LogP contribution < -0.4 is 11.1 Å². The molecule has 0 saturated carbocycles. The van der Waals surface area contributed by atoms with Crippen LogP contribution in [0.5, 0.6) is 0 Å². The quantitative estimate of drug-likeness (QED) is 0.468. The number of carbonyl (C=O) groups excluding carboxylic acids is 1. The maximum atomic E-state index is 12.8. The van der Waals surface area contributed by atoms with Gasteiger partial charge in [0.15, 0.2) is 10.7 Å². The molecule has 4 aromatic rings. The molecule has 0 aliphatic carbocycles. The average molecular weight is 458 g/mol. The monoisotopic (exact) mass is 457 g/mol. The molecule has 2 aromatic carbocycles. The van der Waals surface area contributed by atoms with Crippen molar-refractivity contribution < 1.29 is 9.21 Å². The maximum Gasteiger partial charge on any atom is 0.420 e. The molecule has 0 bridgehead atoms. The second-order valence-corrected chi connectivity index (χ2v) is 8.42. The van der Waals surface area contributed by atoms with Crippen LogP contribution in [0.1, 0.15) is 17.8 Å². The van der Waals surface area contributed by atoms with Crippen LogP contribution in [0, 0.1) is 6.92 Å². The van der Waals surface area contributed by atoms with E-state index in [4.69, 9.17) is 4.42 Å². The average Bonchev–Trinajstić information content (AvgIpc) is 3.20. The molecule has 28 heavy (non-hydrogen) atoms. The fourth-order valence-electron chi connectivity index (χ4n) is 3.00. The molecule has 0 aliphatic rings. The van der Waals surface area contributed by atoms with Gasteiger partial charge in [-0.1, -0.05) is 40.2 Å². The van der Waals surface area contributed by atoms with Gasteiger partial charge in [0.1, 0.15) is 6.04 Å². The van der Waals surface area contributed by atoms with Gasteiger partial charge in [-0.25, -0.2) is 9.78 Å². The van der Waals surface area contributed by atoms with Gasteiger partial charge in [0.2, 0.25) is 5.91 Å². The van der Waals surface area contributed by atoms with Gasteiger partial charge in [-0.05, 0) is 38.1 Å². The Balaban J connectivity index is 1.60. The summed E-state index contributed by atoms with van der Waals surface area (Å²) >= 11 is 4.82. The second kappa shape index (κ2) is 7.37. The normalized spacial score (nSPS) is 12.2. The fourth-order valence-corrected chi connectivity index (χ4v) is 4.11. The van der Waals surface area contributed by atoms with Crippen molar-refractivity contribution in [2.75, 3.05) is 5.32 Å². The lowest BCUT2D eigenvalue weighted by molar-refractivity contribution is -0.118. The zero-order valence-corrected chi connectivity index (χ0v) is 17.5. The Morgan fingerprint density at radius 3 is 2.68 bits per heavy atom. The number of rotatable bonds is 4. The summed E-state index contributed by atoms with van der Waals surface area (Å²) in [5.74, 6) is -0.889. The number of aryl methyl sites for hydroxylation is 1. The summed E-state index contributed by atoms with van der Waals surface area (Å²) in [5, 5.41) is 3.32. The van der Waals surface area contributed by atoms with Crippen LogP contribution >= 0.6 is 27.3 Å². The van der Waals surface area contributed by atoms with Crippen molar-refractivity contribution in [2.45, 2.75) is 19.9 Å². The van der Waals surface area contributed by atoms with Gasteiger partial charge < -0.3 is 9.73 Å². The summed E-state index contributed by atoms with van der Waals surface area (Å²) in [5.41, 5.74) is 2.84. The Hall–Kier alpha value is -2.71. The summed E-state index contributed by atoms with van der Waals surface area (Å²) < 4.78 is 7.56. The first kappa shape index (κ1) is 18.6. The number of nitrogens with one attached hydrogen (secondary N) is 1. The van der Waals surface area contributed by atoms with Crippen molar-refractivity contribution in [3.63, 3.8) is 0 Å². The Morgan fingerprint density at radius 1 is 1.21 bits per heavy atom. The highest BCUT2D eigenvalue weighted by atomic mass is 79.9.